The van der Waals surface area contributed by atoms with E-state index in [1.54, 1.807) is 0 Å². The van der Waals surface area contributed by atoms with Gasteiger partial charge in [-0.1, -0.05) is 6.07 Å². The molecular formula is C15H17N5O3. The first-order valence-corrected chi connectivity index (χ1v) is 7.27. The van der Waals surface area contributed by atoms with Crippen molar-refractivity contribution < 1.29 is 14.4 Å². The highest BCUT2D eigenvalue weighted by Crippen LogP contribution is 2.19. The van der Waals surface area contributed by atoms with Crippen LogP contribution in [0.25, 0.3) is 11.0 Å². The SMILES string of the molecule is Cc1ccc2[nH]c(CNC(=O)C[C@H]3NC(=O)NC3=O)nc2c1C. The summed E-state index contributed by atoms with van der Waals surface area (Å²) in [7, 11) is 0. The molecule has 1 aliphatic heterocycles. The summed E-state index contributed by atoms with van der Waals surface area (Å²) in [5.74, 6) is -0.178. The zero-order valence-electron chi connectivity index (χ0n) is 12.8. The number of carbonyl (C=O) groups is 3. The van der Waals surface area contributed by atoms with Crippen molar-refractivity contribution in [1.82, 2.24) is 25.9 Å². The van der Waals surface area contributed by atoms with Gasteiger partial charge in [0.15, 0.2) is 0 Å². The Balaban J connectivity index is 1.62. The number of benzene rings is 1. The molecule has 4 N–H and O–H groups in total. The average Bonchev–Trinajstić information content (AvgIpc) is 3.05. The van der Waals surface area contributed by atoms with Crippen molar-refractivity contribution in [3.05, 3.63) is 29.1 Å². The number of aryl methyl sites for hydroxylation is 2. The minimum Gasteiger partial charge on any atom is -0.349 e. The van der Waals surface area contributed by atoms with Crippen LogP contribution < -0.4 is 16.0 Å². The fourth-order valence-electron chi connectivity index (χ4n) is 2.49. The lowest BCUT2D eigenvalue weighted by atomic mass is 10.1. The third-order valence-corrected chi connectivity index (χ3v) is 3.93. The van der Waals surface area contributed by atoms with E-state index in [2.05, 4.69) is 25.9 Å². The highest BCUT2D eigenvalue weighted by molar-refractivity contribution is 6.05. The number of imide groups is 1. The number of nitrogens with one attached hydrogen (secondary N) is 4. The van der Waals surface area contributed by atoms with Crippen molar-refractivity contribution in [2.75, 3.05) is 0 Å². The number of hydrogen-bond donors (Lipinski definition) is 4. The first kappa shape index (κ1) is 15.0. The van der Waals surface area contributed by atoms with Crippen LogP contribution >= 0.6 is 0 Å². The normalized spacial score (nSPS) is 17.2. The van der Waals surface area contributed by atoms with E-state index in [0.29, 0.717) is 5.82 Å². The van der Waals surface area contributed by atoms with E-state index in [0.717, 1.165) is 22.2 Å². The van der Waals surface area contributed by atoms with E-state index >= 15 is 0 Å². The van der Waals surface area contributed by atoms with Gasteiger partial charge in [-0.25, -0.2) is 9.78 Å². The number of hydrogen-bond acceptors (Lipinski definition) is 4. The summed E-state index contributed by atoms with van der Waals surface area (Å²) in [4.78, 5) is 41.9. The summed E-state index contributed by atoms with van der Waals surface area (Å²) in [6, 6.07) is 2.58. The molecule has 1 aromatic heterocycles. The van der Waals surface area contributed by atoms with Crippen molar-refractivity contribution in [1.29, 1.82) is 0 Å². The minimum atomic E-state index is -0.817. The fraction of sp³-hybridized carbons (Fsp3) is 0.333. The zero-order valence-corrected chi connectivity index (χ0v) is 12.8. The third-order valence-electron chi connectivity index (χ3n) is 3.93. The largest absolute Gasteiger partial charge is 0.349 e. The van der Waals surface area contributed by atoms with Crippen molar-refractivity contribution in [3.8, 4) is 0 Å². The standard InChI is InChI=1S/C15H17N5O3/c1-7-3-4-9-13(8(7)2)19-11(17-9)6-16-12(21)5-10-14(22)20-15(23)18-10/h3-4,10H,5-6H2,1-2H3,(H,16,21)(H,17,19)(H2,18,20,22,23)/t10-/m1/s1. The van der Waals surface area contributed by atoms with Gasteiger partial charge in [0.25, 0.3) is 5.91 Å². The quantitative estimate of drug-likeness (QED) is 0.611. The van der Waals surface area contributed by atoms with E-state index in [-0.39, 0.29) is 18.9 Å². The number of fused-ring (bicyclic) bond motifs is 1. The van der Waals surface area contributed by atoms with Crippen LogP contribution in [0.1, 0.15) is 23.4 Å². The van der Waals surface area contributed by atoms with E-state index < -0.39 is 18.0 Å². The van der Waals surface area contributed by atoms with Crippen molar-refractivity contribution >= 4 is 28.9 Å². The van der Waals surface area contributed by atoms with E-state index in [1.165, 1.54) is 0 Å². The van der Waals surface area contributed by atoms with Gasteiger partial charge < -0.3 is 15.6 Å². The molecule has 1 atom stereocenters. The van der Waals surface area contributed by atoms with Crippen molar-refractivity contribution in [2.24, 2.45) is 0 Å². The molecule has 3 rings (SSSR count). The van der Waals surface area contributed by atoms with Crippen molar-refractivity contribution in [3.63, 3.8) is 0 Å². The summed E-state index contributed by atoms with van der Waals surface area (Å²) in [5, 5.41) is 7.16. The minimum absolute atomic E-state index is 0.101. The highest BCUT2D eigenvalue weighted by Gasteiger charge is 2.31. The van der Waals surface area contributed by atoms with E-state index in [4.69, 9.17) is 0 Å². The second-order valence-electron chi connectivity index (χ2n) is 5.58. The van der Waals surface area contributed by atoms with Crippen molar-refractivity contribution in [2.45, 2.75) is 32.9 Å². The molecule has 1 saturated heterocycles. The fourth-order valence-corrected chi connectivity index (χ4v) is 2.49. The first-order chi connectivity index (χ1) is 10.9. The summed E-state index contributed by atoms with van der Waals surface area (Å²) < 4.78 is 0. The number of imidazole rings is 1. The van der Waals surface area contributed by atoms with Crippen LogP contribution in [0, 0.1) is 13.8 Å². The Morgan fingerprint density at radius 2 is 2.09 bits per heavy atom. The first-order valence-electron chi connectivity index (χ1n) is 7.27. The second kappa shape index (κ2) is 5.71. The van der Waals surface area contributed by atoms with Crippen LogP contribution in [0.5, 0.6) is 0 Å². The number of carbonyl (C=O) groups excluding carboxylic acids is 3. The van der Waals surface area contributed by atoms with Gasteiger partial charge in [-0.05, 0) is 31.0 Å². The second-order valence-corrected chi connectivity index (χ2v) is 5.58. The maximum absolute atomic E-state index is 11.9. The molecule has 4 amide bonds. The predicted octanol–water partition coefficient (Wildman–Crippen LogP) is 0.394. The number of aromatic amines is 1. The average molecular weight is 315 g/mol. The van der Waals surface area contributed by atoms with Gasteiger partial charge in [-0.3, -0.25) is 14.9 Å². The number of rotatable bonds is 4. The van der Waals surface area contributed by atoms with Gasteiger partial charge in [0.2, 0.25) is 5.91 Å². The Hall–Kier alpha value is -2.90. The van der Waals surface area contributed by atoms with Crippen LogP contribution in [0.3, 0.4) is 0 Å². The van der Waals surface area contributed by atoms with Gasteiger partial charge in [0.05, 0.1) is 24.0 Å². The van der Waals surface area contributed by atoms with E-state index in [9.17, 15) is 14.4 Å². The lowest BCUT2D eigenvalue weighted by molar-refractivity contribution is -0.126. The zero-order chi connectivity index (χ0) is 16.6. The van der Waals surface area contributed by atoms with Crippen LogP contribution in [0.2, 0.25) is 0 Å². The summed E-state index contributed by atoms with van der Waals surface area (Å²) in [5.41, 5.74) is 4.06. The van der Waals surface area contributed by atoms with Crippen LogP contribution in [-0.4, -0.2) is 33.9 Å². The van der Waals surface area contributed by atoms with Gasteiger partial charge in [-0.2, -0.15) is 0 Å². The molecule has 120 valence electrons. The summed E-state index contributed by atoms with van der Waals surface area (Å²) >= 11 is 0. The molecule has 1 aromatic carbocycles. The molecular weight excluding hydrogens is 298 g/mol. The number of nitrogens with zero attached hydrogens (tertiary/aromatic N) is 1. The Labute approximate surface area is 132 Å². The third kappa shape index (κ3) is 3.01. The predicted molar refractivity (Wildman–Crippen MR) is 82.5 cm³/mol. The number of amides is 4. The molecule has 0 bridgehead atoms. The van der Waals surface area contributed by atoms with Gasteiger partial charge >= 0.3 is 6.03 Å². The molecule has 0 spiro atoms. The van der Waals surface area contributed by atoms with Gasteiger partial charge in [0.1, 0.15) is 11.9 Å². The highest BCUT2D eigenvalue weighted by atomic mass is 16.2. The molecule has 1 fully saturated rings. The van der Waals surface area contributed by atoms with Crippen LogP contribution in [0.15, 0.2) is 12.1 Å². The van der Waals surface area contributed by atoms with Gasteiger partial charge in [-0.15, -0.1) is 0 Å². The molecule has 1 aliphatic rings. The molecule has 23 heavy (non-hydrogen) atoms. The van der Waals surface area contributed by atoms with Crippen LogP contribution in [-0.2, 0) is 16.1 Å². The molecule has 2 heterocycles. The number of aromatic nitrogens is 2. The molecule has 8 heteroatoms. The van der Waals surface area contributed by atoms with E-state index in [1.807, 2.05) is 26.0 Å². The maximum Gasteiger partial charge on any atom is 0.322 e. The lowest BCUT2D eigenvalue weighted by Crippen LogP contribution is -2.36. The summed E-state index contributed by atoms with van der Waals surface area (Å²) in [6.07, 6.45) is -0.101. The molecule has 0 radical (unpaired) electrons. The molecule has 0 aliphatic carbocycles. The molecule has 0 saturated carbocycles. The number of urea groups is 1. The van der Waals surface area contributed by atoms with Gasteiger partial charge in [0, 0.05) is 0 Å². The molecule has 0 unspecified atom stereocenters. The Morgan fingerprint density at radius 1 is 1.30 bits per heavy atom. The monoisotopic (exact) mass is 315 g/mol. The topological polar surface area (TPSA) is 116 Å². The number of H-pyrrole nitrogens is 1. The Bertz CT molecular complexity index is 811. The summed E-state index contributed by atoms with van der Waals surface area (Å²) in [6.45, 7) is 4.25. The molecule has 2 aromatic rings. The maximum atomic E-state index is 11.9. The van der Waals surface area contributed by atoms with Crippen LogP contribution in [0.4, 0.5) is 4.79 Å². The molecule has 8 nitrogen and oxygen atoms in total. The Kier molecular flexibility index (Phi) is 3.73. The Morgan fingerprint density at radius 3 is 2.78 bits per heavy atom. The smallest absolute Gasteiger partial charge is 0.322 e. The lowest BCUT2D eigenvalue weighted by Gasteiger charge is -2.07.